The molecule has 9 heteroatoms. The van der Waals surface area contributed by atoms with Crippen LogP contribution >= 0.6 is 0 Å². The summed E-state index contributed by atoms with van der Waals surface area (Å²) < 4.78 is 1.67. The number of aromatic nitrogens is 2. The summed E-state index contributed by atoms with van der Waals surface area (Å²) in [6.07, 6.45) is 0.822. The van der Waals surface area contributed by atoms with Crippen molar-refractivity contribution in [2.24, 2.45) is 11.7 Å². The molecule has 2 heterocycles. The monoisotopic (exact) mass is 393 g/mol. The van der Waals surface area contributed by atoms with Gasteiger partial charge in [-0.2, -0.15) is 5.10 Å². The van der Waals surface area contributed by atoms with E-state index in [-0.39, 0.29) is 24.9 Å². The molecule has 1 saturated heterocycles. The molecule has 1 aromatic heterocycles. The van der Waals surface area contributed by atoms with E-state index in [0.29, 0.717) is 17.6 Å². The van der Waals surface area contributed by atoms with Crippen LogP contribution < -0.4 is 11.1 Å². The van der Waals surface area contributed by atoms with Gasteiger partial charge in [0.05, 0.1) is 17.2 Å². The van der Waals surface area contributed by atoms with Gasteiger partial charge in [-0.3, -0.25) is 9.59 Å². The van der Waals surface area contributed by atoms with Gasteiger partial charge in [-0.1, -0.05) is 24.3 Å². The van der Waals surface area contributed by atoms with Crippen LogP contribution in [0.4, 0.5) is 4.79 Å². The molecule has 0 bridgehead atoms. The zero-order valence-electron chi connectivity index (χ0n) is 15.4. The average molecular weight is 393 g/mol. The maximum Gasteiger partial charge on any atom is 0.407 e. The van der Waals surface area contributed by atoms with Gasteiger partial charge in [-0.05, 0) is 23.8 Å². The smallest absolute Gasteiger partial charge is 0.407 e. The van der Waals surface area contributed by atoms with Crippen LogP contribution in [-0.4, -0.2) is 50.8 Å². The Bertz CT molecular complexity index is 1100. The normalized spacial score (nSPS) is 13.9. The third kappa shape index (κ3) is 3.62. The quantitative estimate of drug-likeness (QED) is 0.602. The van der Waals surface area contributed by atoms with Gasteiger partial charge in [-0.15, -0.1) is 0 Å². The number of benzene rings is 2. The number of nitrogens with two attached hydrogens (primary N) is 1. The van der Waals surface area contributed by atoms with Crippen molar-refractivity contribution in [2.75, 3.05) is 13.1 Å². The summed E-state index contributed by atoms with van der Waals surface area (Å²) in [5.74, 6) is -0.963. The lowest BCUT2D eigenvalue weighted by atomic mass is 10.00. The number of hydrogen-bond acceptors (Lipinski definition) is 4. The number of amides is 3. The van der Waals surface area contributed by atoms with Crippen LogP contribution in [0.1, 0.15) is 15.9 Å². The Morgan fingerprint density at radius 3 is 2.52 bits per heavy atom. The van der Waals surface area contributed by atoms with Crippen molar-refractivity contribution in [1.82, 2.24) is 20.0 Å². The van der Waals surface area contributed by atoms with Crippen LogP contribution in [0.3, 0.4) is 0 Å². The van der Waals surface area contributed by atoms with Crippen molar-refractivity contribution >= 4 is 28.8 Å². The molecule has 4 rings (SSSR count). The maximum absolute atomic E-state index is 12.1. The highest BCUT2D eigenvalue weighted by molar-refractivity contribution is 6.04. The number of rotatable bonds is 5. The molecule has 4 N–H and O–H groups in total. The van der Waals surface area contributed by atoms with Crippen molar-refractivity contribution < 1.29 is 19.5 Å². The van der Waals surface area contributed by atoms with Gasteiger partial charge >= 0.3 is 6.09 Å². The zero-order valence-corrected chi connectivity index (χ0v) is 15.4. The number of carbonyl (C=O) groups is 3. The van der Waals surface area contributed by atoms with E-state index in [2.05, 4.69) is 10.4 Å². The third-order valence-corrected chi connectivity index (χ3v) is 4.99. The summed E-state index contributed by atoms with van der Waals surface area (Å²) in [7, 11) is 0. The molecule has 0 atom stereocenters. The Balaban J connectivity index is 1.41. The van der Waals surface area contributed by atoms with Crippen molar-refractivity contribution in [3.8, 4) is 5.69 Å². The molecule has 0 radical (unpaired) electrons. The molecule has 1 aliphatic heterocycles. The Labute approximate surface area is 165 Å². The van der Waals surface area contributed by atoms with Crippen LogP contribution in [0.2, 0.25) is 0 Å². The Hall–Kier alpha value is -3.88. The molecule has 9 nitrogen and oxygen atoms in total. The topological polar surface area (TPSA) is 131 Å². The molecular formula is C20H19N5O4. The average Bonchev–Trinajstić information content (AvgIpc) is 3.09. The van der Waals surface area contributed by atoms with Crippen molar-refractivity contribution in [3.63, 3.8) is 0 Å². The van der Waals surface area contributed by atoms with E-state index in [1.54, 1.807) is 16.8 Å². The number of carbonyl (C=O) groups excluding carboxylic acids is 2. The van der Waals surface area contributed by atoms with Crippen LogP contribution in [0, 0.1) is 5.92 Å². The molecule has 1 aliphatic rings. The highest BCUT2D eigenvalue weighted by Crippen LogP contribution is 2.20. The molecule has 1 fully saturated rings. The van der Waals surface area contributed by atoms with Crippen molar-refractivity contribution in [3.05, 3.63) is 59.8 Å². The van der Waals surface area contributed by atoms with Crippen LogP contribution in [0.5, 0.6) is 0 Å². The van der Waals surface area contributed by atoms with E-state index in [4.69, 9.17) is 10.8 Å². The summed E-state index contributed by atoms with van der Waals surface area (Å²) in [5, 5.41) is 16.9. The predicted octanol–water partition coefficient (Wildman–Crippen LogP) is 1.35. The second kappa shape index (κ2) is 7.27. The summed E-state index contributed by atoms with van der Waals surface area (Å²) in [5.41, 5.74) is 8.05. The number of hydrogen-bond donors (Lipinski definition) is 3. The Morgan fingerprint density at radius 2 is 1.86 bits per heavy atom. The van der Waals surface area contributed by atoms with E-state index in [9.17, 15) is 14.4 Å². The second-order valence-corrected chi connectivity index (χ2v) is 6.95. The summed E-state index contributed by atoms with van der Waals surface area (Å²) in [4.78, 5) is 35.6. The fourth-order valence-electron chi connectivity index (χ4n) is 3.28. The number of primary amides is 1. The van der Waals surface area contributed by atoms with Crippen molar-refractivity contribution in [2.45, 2.75) is 6.54 Å². The first-order valence-electron chi connectivity index (χ1n) is 9.05. The minimum absolute atomic E-state index is 0.149. The number of fused-ring (bicyclic) bond motifs is 1. The molecular weight excluding hydrogens is 374 g/mol. The summed E-state index contributed by atoms with van der Waals surface area (Å²) in [6.45, 7) is 0.829. The number of carboxylic acid groups (broad SMARTS) is 1. The zero-order chi connectivity index (χ0) is 20.5. The second-order valence-electron chi connectivity index (χ2n) is 6.95. The van der Waals surface area contributed by atoms with Gasteiger partial charge in [0.25, 0.3) is 5.91 Å². The fourth-order valence-corrected chi connectivity index (χ4v) is 3.28. The van der Waals surface area contributed by atoms with Crippen LogP contribution in [0.25, 0.3) is 16.6 Å². The molecule has 0 unspecified atom stereocenters. The van der Waals surface area contributed by atoms with Gasteiger partial charge in [0.2, 0.25) is 5.91 Å². The highest BCUT2D eigenvalue weighted by Gasteiger charge is 2.35. The van der Waals surface area contributed by atoms with Crippen LogP contribution in [0.15, 0.2) is 48.7 Å². The fraction of sp³-hybridized carbons (Fsp3) is 0.200. The standard InChI is InChI=1S/C20H19N5O4/c21-18(26)16-3-1-2-13-11-25(23-17(13)16)15-6-4-12(5-7-15)8-22-19(27)14-9-24(10-14)20(28)29/h1-7,11,14H,8-10H2,(H2,21,26)(H,22,27)(H,28,29). The Kier molecular flexibility index (Phi) is 4.63. The molecule has 148 valence electrons. The lowest BCUT2D eigenvalue weighted by molar-refractivity contribution is -0.129. The summed E-state index contributed by atoms with van der Waals surface area (Å²) in [6, 6.07) is 12.8. The number of nitrogens with one attached hydrogen (secondary N) is 1. The third-order valence-electron chi connectivity index (χ3n) is 4.99. The molecule has 0 aliphatic carbocycles. The first kappa shape index (κ1) is 18.5. The molecule has 0 saturated carbocycles. The lowest BCUT2D eigenvalue weighted by Crippen LogP contribution is -2.55. The summed E-state index contributed by atoms with van der Waals surface area (Å²) >= 11 is 0. The predicted molar refractivity (Wildman–Crippen MR) is 105 cm³/mol. The minimum Gasteiger partial charge on any atom is -0.465 e. The first-order valence-corrected chi connectivity index (χ1v) is 9.05. The minimum atomic E-state index is -1.00. The van der Waals surface area contributed by atoms with Gasteiger partial charge in [0, 0.05) is 31.2 Å². The van der Waals surface area contributed by atoms with Gasteiger partial charge in [0.1, 0.15) is 5.52 Å². The van der Waals surface area contributed by atoms with Gasteiger partial charge in [0.15, 0.2) is 0 Å². The Morgan fingerprint density at radius 1 is 1.14 bits per heavy atom. The number of likely N-dealkylation sites (tertiary alicyclic amines) is 1. The SMILES string of the molecule is NC(=O)c1cccc2cn(-c3ccc(CNC(=O)C4CN(C(=O)O)C4)cc3)nc12. The maximum atomic E-state index is 12.1. The van der Waals surface area contributed by atoms with E-state index < -0.39 is 12.0 Å². The number of nitrogens with zero attached hydrogens (tertiary/aromatic N) is 3. The van der Waals surface area contributed by atoms with E-state index >= 15 is 0 Å². The molecule has 3 aromatic rings. The van der Waals surface area contributed by atoms with E-state index in [0.717, 1.165) is 16.6 Å². The van der Waals surface area contributed by atoms with Gasteiger partial charge < -0.3 is 21.1 Å². The van der Waals surface area contributed by atoms with Crippen LogP contribution in [-0.2, 0) is 11.3 Å². The van der Waals surface area contributed by atoms with Gasteiger partial charge in [-0.25, -0.2) is 9.48 Å². The van der Waals surface area contributed by atoms with E-state index in [1.165, 1.54) is 4.90 Å². The van der Waals surface area contributed by atoms with Crippen molar-refractivity contribution in [1.29, 1.82) is 0 Å². The first-order chi connectivity index (χ1) is 13.9. The highest BCUT2D eigenvalue weighted by atomic mass is 16.4. The molecule has 29 heavy (non-hydrogen) atoms. The lowest BCUT2D eigenvalue weighted by Gasteiger charge is -2.35. The van der Waals surface area contributed by atoms with E-state index in [1.807, 2.05) is 36.5 Å². The molecule has 3 amide bonds. The largest absolute Gasteiger partial charge is 0.465 e. The molecule has 0 spiro atoms. The molecule has 2 aromatic carbocycles.